The molecule has 0 amide bonds. The predicted octanol–water partition coefficient (Wildman–Crippen LogP) is 7.18. The number of unbranched alkanes of at least 4 members (excludes halogenated alkanes) is 2. The van der Waals surface area contributed by atoms with Crippen molar-refractivity contribution in [1.82, 2.24) is 10.1 Å². The van der Waals surface area contributed by atoms with E-state index in [1.165, 1.54) is 11.1 Å². The molecule has 1 aliphatic heterocycles. The van der Waals surface area contributed by atoms with Crippen LogP contribution < -0.4 is 9.47 Å². The van der Waals surface area contributed by atoms with Crippen LogP contribution in [0.2, 0.25) is 0 Å². The zero-order valence-electron chi connectivity index (χ0n) is 23.3. The zero-order chi connectivity index (χ0) is 27.2. The summed E-state index contributed by atoms with van der Waals surface area (Å²) in [7, 11) is 2.11. The molecule has 4 rings (SSSR count). The van der Waals surface area contributed by atoms with Gasteiger partial charge in [0.05, 0.1) is 24.3 Å². The lowest BCUT2D eigenvalue weighted by Crippen LogP contribution is -2.26. The Morgan fingerprint density at radius 3 is 2.42 bits per heavy atom. The fraction of sp³-hybridized carbons (Fsp3) is 0.484. The van der Waals surface area contributed by atoms with Gasteiger partial charge in [-0.05, 0) is 60.5 Å². The van der Waals surface area contributed by atoms with E-state index in [1.54, 1.807) is 0 Å². The second kappa shape index (κ2) is 12.5. The first-order chi connectivity index (χ1) is 18.3. The molecule has 0 spiro atoms. The van der Waals surface area contributed by atoms with Crippen LogP contribution in [-0.4, -0.2) is 47.9 Å². The summed E-state index contributed by atoms with van der Waals surface area (Å²) >= 11 is 0. The van der Waals surface area contributed by atoms with E-state index in [0.29, 0.717) is 35.9 Å². The van der Waals surface area contributed by atoms with Crippen LogP contribution in [-0.2, 0) is 13.0 Å². The summed E-state index contributed by atoms with van der Waals surface area (Å²) in [6.45, 7) is 11.5. The van der Waals surface area contributed by atoms with Crippen LogP contribution >= 0.6 is 0 Å². The Kier molecular flexibility index (Phi) is 9.10. The maximum absolute atomic E-state index is 12.3. The van der Waals surface area contributed by atoms with Gasteiger partial charge < -0.3 is 24.0 Å². The van der Waals surface area contributed by atoms with Gasteiger partial charge in [-0.1, -0.05) is 63.9 Å². The molecular formula is C31H40N2O5. The first-order valence-electron chi connectivity index (χ1n) is 13.8. The number of likely N-dealkylation sites (N-methyl/N-ethyl adjacent to an activating group) is 1. The van der Waals surface area contributed by atoms with Crippen LogP contribution in [0, 0.1) is 0 Å². The first kappa shape index (κ1) is 27.7. The monoisotopic (exact) mass is 520 g/mol. The highest BCUT2D eigenvalue weighted by atomic mass is 16.5. The van der Waals surface area contributed by atoms with Gasteiger partial charge in [0.15, 0.2) is 11.5 Å². The minimum Gasteiger partial charge on any atom is -0.493 e. The molecule has 0 saturated carbocycles. The summed E-state index contributed by atoms with van der Waals surface area (Å²) in [6.07, 6.45) is 4.83. The molecule has 7 nitrogen and oxygen atoms in total. The topological polar surface area (TPSA) is 85.0 Å². The highest BCUT2D eigenvalue weighted by Gasteiger charge is 2.28. The molecule has 1 aromatic heterocycles. The number of nitrogens with zero attached hydrogens (tertiary/aromatic N) is 2. The Balaban J connectivity index is 1.87. The van der Waals surface area contributed by atoms with Gasteiger partial charge in [0.1, 0.15) is 11.5 Å². The molecule has 0 aliphatic carbocycles. The minimum absolute atomic E-state index is 0.0956. The van der Waals surface area contributed by atoms with Crippen LogP contribution in [0.4, 0.5) is 0 Å². The van der Waals surface area contributed by atoms with Crippen LogP contribution in [0.25, 0.3) is 22.5 Å². The molecule has 7 heteroatoms. The van der Waals surface area contributed by atoms with Crippen LogP contribution in [0.1, 0.15) is 86.5 Å². The lowest BCUT2D eigenvalue weighted by molar-refractivity contribution is 0.0686. The van der Waals surface area contributed by atoms with Gasteiger partial charge in [0.2, 0.25) is 0 Å². The van der Waals surface area contributed by atoms with Crippen molar-refractivity contribution >= 4 is 5.97 Å². The van der Waals surface area contributed by atoms with Crippen molar-refractivity contribution in [1.29, 1.82) is 0 Å². The van der Waals surface area contributed by atoms with Crippen LogP contribution in [0.5, 0.6) is 11.5 Å². The van der Waals surface area contributed by atoms with E-state index in [1.807, 2.05) is 18.2 Å². The van der Waals surface area contributed by atoms with Crippen molar-refractivity contribution in [2.45, 2.75) is 72.3 Å². The molecule has 38 heavy (non-hydrogen) atoms. The lowest BCUT2D eigenvalue weighted by atomic mass is 9.91. The number of aromatic carboxylic acids is 1. The Labute approximate surface area is 225 Å². The summed E-state index contributed by atoms with van der Waals surface area (Å²) in [5.41, 5.74) is 5.38. The molecule has 0 fully saturated rings. The molecule has 0 bridgehead atoms. The van der Waals surface area contributed by atoms with Crippen molar-refractivity contribution in [2.24, 2.45) is 0 Å². The van der Waals surface area contributed by atoms with Gasteiger partial charge in [0, 0.05) is 19.2 Å². The van der Waals surface area contributed by atoms with Gasteiger partial charge >= 0.3 is 5.97 Å². The SMILES string of the molecule is CCCCOc1cc(OCCCC)c(C(C)C)cc1-c1onc(C(=O)O)c1-c1ccc2c(c1)CCN(C)C2. The number of benzene rings is 2. The molecule has 0 atom stereocenters. The third kappa shape index (κ3) is 6.04. The Morgan fingerprint density at radius 1 is 1.05 bits per heavy atom. The van der Waals surface area contributed by atoms with Gasteiger partial charge in [-0.2, -0.15) is 0 Å². The van der Waals surface area contributed by atoms with E-state index in [9.17, 15) is 9.90 Å². The fourth-order valence-electron chi connectivity index (χ4n) is 4.84. The average Bonchev–Trinajstić information content (AvgIpc) is 3.34. The lowest BCUT2D eigenvalue weighted by Gasteiger charge is -2.25. The third-order valence-electron chi connectivity index (χ3n) is 7.08. The minimum atomic E-state index is -1.12. The number of rotatable bonds is 12. The molecule has 2 aromatic carbocycles. The number of hydrogen-bond donors (Lipinski definition) is 1. The highest BCUT2D eigenvalue weighted by Crippen LogP contribution is 2.44. The quantitative estimate of drug-likeness (QED) is 0.253. The van der Waals surface area contributed by atoms with Crippen LogP contribution in [0.3, 0.4) is 0 Å². The highest BCUT2D eigenvalue weighted by molar-refractivity contribution is 5.99. The second-order valence-electron chi connectivity index (χ2n) is 10.5. The Hall–Kier alpha value is -3.32. The summed E-state index contributed by atoms with van der Waals surface area (Å²) in [4.78, 5) is 14.5. The maximum atomic E-state index is 12.3. The standard InChI is InChI=1S/C31H40N2O5/c1-6-8-14-36-26-18-27(37-15-9-7-2)25(17-24(26)20(3)4)30-28(29(31(34)35)32-38-30)22-10-11-23-19-33(5)13-12-21(23)16-22/h10-11,16-18,20H,6-9,12-15,19H2,1-5H3,(H,34,35). The summed E-state index contributed by atoms with van der Waals surface area (Å²) in [5.74, 6) is 0.874. The molecule has 3 aromatic rings. The Bertz CT molecular complexity index is 1260. The van der Waals surface area contributed by atoms with E-state index in [0.717, 1.165) is 62.1 Å². The first-order valence-corrected chi connectivity index (χ1v) is 13.8. The predicted molar refractivity (Wildman–Crippen MR) is 149 cm³/mol. The number of carboxylic acid groups (broad SMARTS) is 1. The number of carboxylic acids is 1. The molecule has 204 valence electrons. The molecule has 0 unspecified atom stereocenters. The number of hydrogen-bond acceptors (Lipinski definition) is 6. The van der Waals surface area contributed by atoms with Gasteiger partial charge in [-0.25, -0.2) is 4.79 Å². The molecular weight excluding hydrogens is 480 g/mol. The fourth-order valence-corrected chi connectivity index (χ4v) is 4.84. The van der Waals surface area contributed by atoms with E-state index >= 15 is 0 Å². The molecule has 1 aliphatic rings. The van der Waals surface area contributed by atoms with E-state index < -0.39 is 5.97 Å². The second-order valence-corrected chi connectivity index (χ2v) is 10.5. The maximum Gasteiger partial charge on any atom is 0.358 e. The van der Waals surface area contributed by atoms with Gasteiger partial charge in [-0.15, -0.1) is 0 Å². The average molecular weight is 521 g/mol. The molecule has 0 radical (unpaired) electrons. The van der Waals surface area contributed by atoms with Crippen LogP contribution in [0.15, 0.2) is 34.9 Å². The van der Waals surface area contributed by atoms with E-state index in [2.05, 4.69) is 56.9 Å². The van der Waals surface area contributed by atoms with Crippen molar-refractivity contribution in [2.75, 3.05) is 26.8 Å². The number of carbonyl (C=O) groups is 1. The number of aromatic nitrogens is 1. The number of fused-ring (bicyclic) bond motifs is 1. The summed E-state index contributed by atoms with van der Waals surface area (Å²) in [6, 6.07) is 10.1. The largest absolute Gasteiger partial charge is 0.493 e. The van der Waals surface area contributed by atoms with Gasteiger partial charge in [0.25, 0.3) is 0 Å². The van der Waals surface area contributed by atoms with Crippen molar-refractivity contribution < 1.29 is 23.9 Å². The molecule has 2 heterocycles. The summed E-state index contributed by atoms with van der Waals surface area (Å²) in [5, 5.41) is 14.0. The normalized spacial score (nSPS) is 13.5. The van der Waals surface area contributed by atoms with Crippen molar-refractivity contribution in [3.63, 3.8) is 0 Å². The van der Waals surface area contributed by atoms with Crippen molar-refractivity contribution in [3.05, 3.63) is 52.7 Å². The Morgan fingerprint density at radius 2 is 1.76 bits per heavy atom. The summed E-state index contributed by atoms with van der Waals surface area (Å²) < 4.78 is 18.3. The van der Waals surface area contributed by atoms with Gasteiger partial charge in [-0.3, -0.25) is 0 Å². The number of ether oxygens (including phenoxy) is 2. The smallest absolute Gasteiger partial charge is 0.358 e. The zero-order valence-corrected chi connectivity index (χ0v) is 23.3. The molecule has 0 saturated heterocycles. The third-order valence-corrected chi connectivity index (χ3v) is 7.08. The van der Waals surface area contributed by atoms with Crippen molar-refractivity contribution in [3.8, 4) is 33.9 Å². The van der Waals surface area contributed by atoms with E-state index in [4.69, 9.17) is 14.0 Å². The van der Waals surface area contributed by atoms with E-state index in [-0.39, 0.29) is 11.6 Å². The molecule has 1 N–H and O–H groups in total.